The van der Waals surface area contributed by atoms with Crippen LogP contribution in [0.3, 0.4) is 0 Å². The Kier molecular flexibility index (Phi) is 2.82. The topological polar surface area (TPSA) is 42.1 Å². The Labute approximate surface area is 108 Å². The molecule has 1 aromatic heterocycles. The van der Waals surface area contributed by atoms with Crippen LogP contribution in [0.4, 0.5) is 11.4 Å². The average molecular weight is 241 g/mol. The van der Waals surface area contributed by atoms with Crippen LogP contribution in [0, 0.1) is 0 Å². The normalized spacial score (nSPS) is 16.3. The predicted molar refractivity (Wildman–Crippen MR) is 76.8 cm³/mol. The van der Waals surface area contributed by atoms with E-state index in [4.69, 9.17) is 5.73 Å². The molecule has 0 unspecified atom stereocenters. The van der Waals surface area contributed by atoms with Crippen molar-refractivity contribution in [1.82, 2.24) is 4.98 Å². The number of nitrogen functional groups attached to an aromatic ring is 1. The lowest BCUT2D eigenvalue weighted by atomic mass is 10.1. The molecule has 0 bridgehead atoms. The molecule has 2 N–H and O–H groups in total. The molecule has 1 aromatic carbocycles. The fourth-order valence-corrected chi connectivity index (χ4v) is 2.99. The van der Waals surface area contributed by atoms with Crippen LogP contribution in [0.2, 0.25) is 0 Å². The van der Waals surface area contributed by atoms with Gasteiger partial charge in [-0.05, 0) is 31.0 Å². The van der Waals surface area contributed by atoms with Crippen molar-refractivity contribution in [2.75, 3.05) is 17.7 Å². The second-order valence-corrected chi connectivity index (χ2v) is 5.14. The van der Waals surface area contributed by atoms with Gasteiger partial charge in [0, 0.05) is 47.6 Å². The number of hydrogen-bond acceptors (Lipinski definition) is 3. The van der Waals surface area contributed by atoms with Gasteiger partial charge < -0.3 is 10.6 Å². The molecule has 1 heterocycles. The summed E-state index contributed by atoms with van der Waals surface area (Å²) in [6.45, 7) is 0. The zero-order valence-electron chi connectivity index (χ0n) is 10.8. The second kappa shape index (κ2) is 4.48. The highest BCUT2D eigenvalue weighted by Crippen LogP contribution is 2.33. The summed E-state index contributed by atoms with van der Waals surface area (Å²) in [5, 5.41) is 2.26. The van der Waals surface area contributed by atoms with Crippen molar-refractivity contribution in [3.8, 4) is 0 Å². The van der Waals surface area contributed by atoms with Gasteiger partial charge >= 0.3 is 0 Å². The SMILES string of the molecule is CN(c1ccc(N)c2ccncc12)C1CCCC1. The molecule has 0 radical (unpaired) electrons. The maximum Gasteiger partial charge on any atom is 0.0462 e. The third-order valence-corrected chi connectivity index (χ3v) is 4.08. The van der Waals surface area contributed by atoms with E-state index >= 15 is 0 Å². The monoisotopic (exact) mass is 241 g/mol. The van der Waals surface area contributed by atoms with Crippen LogP contribution >= 0.6 is 0 Å². The molecule has 0 atom stereocenters. The molecule has 3 heteroatoms. The van der Waals surface area contributed by atoms with Crippen molar-refractivity contribution in [3.63, 3.8) is 0 Å². The fraction of sp³-hybridized carbons (Fsp3) is 0.400. The van der Waals surface area contributed by atoms with Gasteiger partial charge in [0.15, 0.2) is 0 Å². The van der Waals surface area contributed by atoms with Crippen molar-refractivity contribution < 1.29 is 0 Å². The molecule has 18 heavy (non-hydrogen) atoms. The number of anilines is 2. The van der Waals surface area contributed by atoms with Crippen molar-refractivity contribution >= 4 is 22.1 Å². The van der Waals surface area contributed by atoms with Crippen LogP contribution < -0.4 is 10.6 Å². The lowest BCUT2D eigenvalue weighted by Gasteiger charge is -2.28. The molecule has 0 saturated heterocycles. The van der Waals surface area contributed by atoms with Gasteiger partial charge in [-0.25, -0.2) is 0 Å². The van der Waals surface area contributed by atoms with Gasteiger partial charge in [0.1, 0.15) is 0 Å². The highest BCUT2D eigenvalue weighted by atomic mass is 15.1. The zero-order valence-corrected chi connectivity index (χ0v) is 10.8. The number of nitrogens with zero attached hydrogens (tertiary/aromatic N) is 2. The van der Waals surface area contributed by atoms with Crippen LogP contribution in [-0.4, -0.2) is 18.1 Å². The number of pyridine rings is 1. The summed E-state index contributed by atoms with van der Waals surface area (Å²) in [4.78, 5) is 6.64. The van der Waals surface area contributed by atoms with E-state index in [1.807, 2.05) is 18.3 Å². The highest BCUT2D eigenvalue weighted by molar-refractivity contribution is 6.00. The molecule has 0 amide bonds. The molecule has 1 aliphatic rings. The third-order valence-electron chi connectivity index (χ3n) is 4.08. The number of rotatable bonds is 2. The average Bonchev–Trinajstić information content (AvgIpc) is 2.93. The molecular formula is C15H19N3. The number of hydrogen-bond donors (Lipinski definition) is 1. The van der Waals surface area contributed by atoms with Crippen LogP contribution in [0.1, 0.15) is 25.7 Å². The van der Waals surface area contributed by atoms with E-state index in [0.717, 1.165) is 16.5 Å². The molecule has 1 aliphatic carbocycles. The Bertz CT molecular complexity index is 559. The van der Waals surface area contributed by atoms with E-state index in [9.17, 15) is 0 Å². The zero-order chi connectivity index (χ0) is 12.5. The summed E-state index contributed by atoms with van der Waals surface area (Å²) >= 11 is 0. The lowest BCUT2D eigenvalue weighted by Crippen LogP contribution is -2.28. The van der Waals surface area contributed by atoms with E-state index in [1.54, 1.807) is 6.20 Å². The summed E-state index contributed by atoms with van der Waals surface area (Å²) in [6, 6.07) is 6.79. The van der Waals surface area contributed by atoms with E-state index in [1.165, 1.54) is 31.4 Å². The highest BCUT2D eigenvalue weighted by Gasteiger charge is 2.21. The van der Waals surface area contributed by atoms with Crippen molar-refractivity contribution in [2.24, 2.45) is 0 Å². The van der Waals surface area contributed by atoms with E-state index in [2.05, 4.69) is 23.0 Å². The number of benzene rings is 1. The first kappa shape index (κ1) is 11.3. The Morgan fingerprint density at radius 2 is 1.94 bits per heavy atom. The van der Waals surface area contributed by atoms with E-state index < -0.39 is 0 Å². The molecule has 3 nitrogen and oxygen atoms in total. The first-order chi connectivity index (χ1) is 8.77. The largest absolute Gasteiger partial charge is 0.398 e. The van der Waals surface area contributed by atoms with Gasteiger partial charge in [0.2, 0.25) is 0 Å². The van der Waals surface area contributed by atoms with Gasteiger partial charge in [-0.1, -0.05) is 12.8 Å². The minimum Gasteiger partial charge on any atom is -0.398 e. The summed E-state index contributed by atoms with van der Waals surface area (Å²) in [5.41, 5.74) is 8.11. The molecule has 94 valence electrons. The molecular weight excluding hydrogens is 222 g/mol. The second-order valence-electron chi connectivity index (χ2n) is 5.14. The lowest BCUT2D eigenvalue weighted by molar-refractivity contribution is 0.655. The maximum atomic E-state index is 6.03. The Hall–Kier alpha value is -1.77. The summed E-state index contributed by atoms with van der Waals surface area (Å²) in [7, 11) is 2.19. The van der Waals surface area contributed by atoms with Gasteiger partial charge in [-0.15, -0.1) is 0 Å². The smallest absolute Gasteiger partial charge is 0.0462 e. The molecule has 1 saturated carbocycles. The quantitative estimate of drug-likeness (QED) is 0.821. The maximum absolute atomic E-state index is 6.03. The molecule has 0 spiro atoms. The van der Waals surface area contributed by atoms with Gasteiger partial charge in [0.05, 0.1) is 0 Å². The molecule has 0 aliphatic heterocycles. The van der Waals surface area contributed by atoms with Crippen molar-refractivity contribution in [1.29, 1.82) is 0 Å². The van der Waals surface area contributed by atoms with Crippen LogP contribution in [0.15, 0.2) is 30.6 Å². The standard InChI is InChI=1S/C15H19N3/c1-18(11-4-2-3-5-11)15-7-6-14(16)12-8-9-17-10-13(12)15/h6-11H,2-5,16H2,1H3. The number of aromatic nitrogens is 1. The van der Waals surface area contributed by atoms with Crippen LogP contribution in [-0.2, 0) is 0 Å². The van der Waals surface area contributed by atoms with Gasteiger partial charge in [0.25, 0.3) is 0 Å². The summed E-state index contributed by atoms with van der Waals surface area (Å²) < 4.78 is 0. The van der Waals surface area contributed by atoms with Crippen molar-refractivity contribution in [3.05, 3.63) is 30.6 Å². The summed E-state index contributed by atoms with van der Waals surface area (Å²) in [6.07, 6.45) is 9.01. The van der Waals surface area contributed by atoms with Gasteiger partial charge in [-0.2, -0.15) is 0 Å². The molecule has 2 aromatic rings. The summed E-state index contributed by atoms with van der Waals surface area (Å²) in [5.74, 6) is 0. The minimum atomic E-state index is 0.664. The van der Waals surface area contributed by atoms with Crippen LogP contribution in [0.5, 0.6) is 0 Å². The van der Waals surface area contributed by atoms with Gasteiger partial charge in [-0.3, -0.25) is 4.98 Å². The number of nitrogens with two attached hydrogens (primary N) is 1. The van der Waals surface area contributed by atoms with Crippen molar-refractivity contribution in [2.45, 2.75) is 31.7 Å². The first-order valence-corrected chi connectivity index (χ1v) is 6.62. The first-order valence-electron chi connectivity index (χ1n) is 6.62. The molecule has 1 fully saturated rings. The minimum absolute atomic E-state index is 0.664. The Balaban J connectivity index is 2.08. The van der Waals surface area contributed by atoms with Crippen LogP contribution in [0.25, 0.3) is 10.8 Å². The Morgan fingerprint density at radius 1 is 1.17 bits per heavy atom. The van der Waals surface area contributed by atoms with E-state index in [0.29, 0.717) is 6.04 Å². The molecule has 3 rings (SSSR count). The third kappa shape index (κ3) is 1.80. The number of fused-ring (bicyclic) bond motifs is 1. The predicted octanol–water partition coefficient (Wildman–Crippen LogP) is 3.20. The fourth-order valence-electron chi connectivity index (χ4n) is 2.99. The van der Waals surface area contributed by atoms with E-state index in [-0.39, 0.29) is 0 Å². The Morgan fingerprint density at radius 3 is 2.72 bits per heavy atom.